The molecule has 6 heteroatoms. The summed E-state index contributed by atoms with van der Waals surface area (Å²) in [5.41, 5.74) is 7.30. The highest BCUT2D eigenvalue weighted by Crippen LogP contribution is 2.18. The minimum absolute atomic E-state index is 0.00839. The summed E-state index contributed by atoms with van der Waals surface area (Å²) in [6, 6.07) is 9.56. The van der Waals surface area contributed by atoms with Crippen LogP contribution in [0.5, 0.6) is 0 Å². The molecule has 3 rings (SSSR count). The quantitative estimate of drug-likeness (QED) is 0.796. The largest absolute Gasteiger partial charge is 0.381 e. The van der Waals surface area contributed by atoms with E-state index >= 15 is 0 Å². The molecule has 0 radical (unpaired) electrons. The molecule has 2 atom stereocenters. The molecule has 142 valence electrons. The summed E-state index contributed by atoms with van der Waals surface area (Å²) in [6.45, 7) is 2.64. The van der Waals surface area contributed by atoms with Gasteiger partial charge in [-0.1, -0.05) is 30.3 Å². The fourth-order valence-electron chi connectivity index (χ4n) is 3.75. The van der Waals surface area contributed by atoms with Gasteiger partial charge in [0.2, 0.25) is 11.8 Å². The zero-order chi connectivity index (χ0) is 18.4. The summed E-state index contributed by atoms with van der Waals surface area (Å²) in [5.74, 6) is 0.244. The Morgan fingerprint density at radius 3 is 2.65 bits per heavy atom. The number of hydrogen-bond donors (Lipinski definition) is 2. The summed E-state index contributed by atoms with van der Waals surface area (Å²) in [7, 11) is 0. The highest BCUT2D eigenvalue weighted by Gasteiger charge is 2.31. The third-order valence-electron chi connectivity index (χ3n) is 5.43. The molecule has 2 heterocycles. The predicted octanol–water partition coefficient (Wildman–Crippen LogP) is 1.09. The van der Waals surface area contributed by atoms with E-state index in [1.54, 1.807) is 0 Å². The number of carbonyl (C=O) groups is 2. The third-order valence-corrected chi connectivity index (χ3v) is 5.43. The van der Waals surface area contributed by atoms with Crippen LogP contribution in [-0.2, 0) is 20.7 Å². The molecule has 2 aliphatic rings. The number of benzene rings is 1. The van der Waals surface area contributed by atoms with Crippen molar-refractivity contribution in [3.05, 3.63) is 35.9 Å². The monoisotopic (exact) mass is 359 g/mol. The van der Waals surface area contributed by atoms with Gasteiger partial charge >= 0.3 is 0 Å². The van der Waals surface area contributed by atoms with Gasteiger partial charge in [0.25, 0.3) is 0 Å². The van der Waals surface area contributed by atoms with Gasteiger partial charge in [-0.25, -0.2) is 0 Å². The van der Waals surface area contributed by atoms with Crippen LogP contribution in [0, 0.1) is 5.92 Å². The molecule has 1 aromatic carbocycles. The molecule has 2 unspecified atom stereocenters. The van der Waals surface area contributed by atoms with Crippen molar-refractivity contribution in [1.29, 1.82) is 0 Å². The number of ether oxygens (including phenoxy) is 1. The Kier molecular flexibility index (Phi) is 6.63. The van der Waals surface area contributed by atoms with Gasteiger partial charge in [0.15, 0.2) is 0 Å². The van der Waals surface area contributed by atoms with Crippen LogP contribution in [-0.4, -0.2) is 55.1 Å². The van der Waals surface area contributed by atoms with Crippen LogP contribution >= 0.6 is 0 Å². The van der Waals surface area contributed by atoms with Crippen LogP contribution in [0.25, 0.3) is 0 Å². The minimum atomic E-state index is -0.485. The number of likely N-dealkylation sites (tertiary alicyclic amines) is 1. The molecule has 0 spiro atoms. The van der Waals surface area contributed by atoms with Crippen LogP contribution in [0.3, 0.4) is 0 Å². The van der Waals surface area contributed by atoms with Crippen molar-refractivity contribution in [2.75, 3.05) is 26.3 Å². The van der Waals surface area contributed by atoms with Gasteiger partial charge < -0.3 is 20.7 Å². The third kappa shape index (κ3) is 5.05. The molecular formula is C20H29N3O3. The molecule has 0 saturated carbocycles. The number of amides is 2. The van der Waals surface area contributed by atoms with Crippen LogP contribution in [0.15, 0.2) is 30.3 Å². The maximum atomic E-state index is 12.4. The summed E-state index contributed by atoms with van der Waals surface area (Å²) >= 11 is 0. The Hall–Kier alpha value is -1.92. The standard InChI is InChI=1S/C20H29N3O3/c21-19(16-9-12-26-13-10-16)20(25)22-17-8-11-23(14-17)18(24)7-6-15-4-2-1-3-5-15/h1-5,16-17,19H,6-14,21H2,(H,22,25). The Labute approximate surface area is 155 Å². The SMILES string of the molecule is NC(C(=O)NC1CCN(C(=O)CCc2ccccc2)C1)C1CCOCC1. The number of nitrogens with two attached hydrogens (primary N) is 1. The van der Waals surface area contributed by atoms with E-state index in [2.05, 4.69) is 5.32 Å². The van der Waals surface area contributed by atoms with Crippen molar-refractivity contribution in [2.24, 2.45) is 11.7 Å². The molecule has 6 nitrogen and oxygen atoms in total. The van der Waals surface area contributed by atoms with Crippen molar-refractivity contribution in [1.82, 2.24) is 10.2 Å². The zero-order valence-electron chi connectivity index (χ0n) is 15.2. The second-order valence-corrected chi connectivity index (χ2v) is 7.30. The van der Waals surface area contributed by atoms with Gasteiger partial charge in [0, 0.05) is 38.8 Å². The molecule has 3 N–H and O–H groups in total. The topological polar surface area (TPSA) is 84.7 Å². The van der Waals surface area contributed by atoms with Crippen molar-refractivity contribution < 1.29 is 14.3 Å². The van der Waals surface area contributed by atoms with Gasteiger partial charge in [-0.2, -0.15) is 0 Å². The molecule has 1 aromatic rings. The Morgan fingerprint density at radius 2 is 1.92 bits per heavy atom. The zero-order valence-corrected chi connectivity index (χ0v) is 15.2. The van der Waals surface area contributed by atoms with E-state index in [0.717, 1.165) is 25.7 Å². The van der Waals surface area contributed by atoms with E-state index in [9.17, 15) is 9.59 Å². The first-order valence-electron chi connectivity index (χ1n) is 9.59. The Balaban J connectivity index is 1.41. The lowest BCUT2D eigenvalue weighted by Crippen LogP contribution is -2.50. The van der Waals surface area contributed by atoms with Crippen molar-refractivity contribution >= 4 is 11.8 Å². The van der Waals surface area contributed by atoms with Gasteiger partial charge in [0.1, 0.15) is 0 Å². The maximum Gasteiger partial charge on any atom is 0.237 e. The normalized spacial score (nSPS) is 22.2. The van der Waals surface area contributed by atoms with E-state index in [1.807, 2.05) is 35.2 Å². The molecule has 0 aromatic heterocycles. The first-order valence-corrected chi connectivity index (χ1v) is 9.59. The highest BCUT2D eigenvalue weighted by atomic mass is 16.5. The van der Waals surface area contributed by atoms with Gasteiger partial charge in [-0.05, 0) is 37.2 Å². The highest BCUT2D eigenvalue weighted by molar-refractivity contribution is 5.82. The van der Waals surface area contributed by atoms with Gasteiger partial charge in [-0.15, -0.1) is 0 Å². The van der Waals surface area contributed by atoms with Crippen LogP contribution in [0.2, 0.25) is 0 Å². The van der Waals surface area contributed by atoms with Crippen molar-refractivity contribution in [3.8, 4) is 0 Å². The first-order chi connectivity index (χ1) is 12.6. The molecule has 2 fully saturated rings. The molecular weight excluding hydrogens is 330 g/mol. The van der Waals surface area contributed by atoms with Crippen molar-refractivity contribution in [2.45, 2.75) is 44.2 Å². The number of hydrogen-bond acceptors (Lipinski definition) is 4. The molecule has 2 saturated heterocycles. The summed E-state index contributed by atoms with van der Waals surface area (Å²) in [6.07, 6.45) is 3.73. The maximum absolute atomic E-state index is 12.4. The average Bonchev–Trinajstić information content (AvgIpc) is 3.15. The lowest BCUT2D eigenvalue weighted by molar-refractivity contribution is -0.130. The summed E-state index contributed by atoms with van der Waals surface area (Å²) in [4.78, 5) is 26.7. The molecule has 26 heavy (non-hydrogen) atoms. The van der Waals surface area contributed by atoms with E-state index in [0.29, 0.717) is 32.7 Å². The van der Waals surface area contributed by atoms with Crippen LogP contribution in [0.4, 0.5) is 0 Å². The number of nitrogens with zero attached hydrogens (tertiary/aromatic N) is 1. The number of rotatable bonds is 6. The lowest BCUT2D eigenvalue weighted by Gasteiger charge is -2.27. The van der Waals surface area contributed by atoms with Crippen molar-refractivity contribution in [3.63, 3.8) is 0 Å². The van der Waals surface area contributed by atoms with Crippen LogP contribution in [0.1, 0.15) is 31.2 Å². The fourth-order valence-corrected chi connectivity index (χ4v) is 3.75. The summed E-state index contributed by atoms with van der Waals surface area (Å²) < 4.78 is 5.33. The fraction of sp³-hybridized carbons (Fsp3) is 0.600. The molecule has 2 aliphatic heterocycles. The van der Waals surface area contributed by atoms with Gasteiger partial charge in [-0.3, -0.25) is 9.59 Å². The van der Waals surface area contributed by atoms with E-state index in [-0.39, 0.29) is 23.8 Å². The Bertz CT molecular complexity index is 602. The number of aryl methyl sites for hydroxylation is 1. The summed E-state index contributed by atoms with van der Waals surface area (Å²) in [5, 5.41) is 3.04. The minimum Gasteiger partial charge on any atom is -0.381 e. The van der Waals surface area contributed by atoms with E-state index < -0.39 is 6.04 Å². The van der Waals surface area contributed by atoms with Crippen LogP contribution < -0.4 is 11.1 Å². The molecule has 0 aliphatic carbocycles. The Morgan fingerprint density at radius 1 is 1.19 bits per heavy atom. The average molecular weight is 359 g/mol. The molecule has 2 amide bonds. The van der Waals surface area contributed by atoms with Gasteiger partial charge in [0.05, 0.1) is 6.04 Å². The second kappa shape index (κ2) is 9.14. The van der Waals surface area contributed by atoms with E-state index in [4.69, 9.17) is 10.5 Å². The second-order valence-electron chi connectivity index (χ2n) is 7.30. The smallest absolute Gasteiger partial charge is 0.237 e. The van der Waals surface area contributed by atoms with E-state index in [1.165, 1.54) is 5.56 Å². The lowest BCUT2D eigenvalue weighted by atomic mass is 9.91. The number of carbonyl (C=O) groups excluding carboxylic acids is 2. The predicted molar refractivity (Wildman–Crippen MR) is 99.4 cm³/mol. The molecule has 0 bridgehead atoms. The first kappa shape index (κ1) is 18.9. The number of nitrogens with one attached hydrogen (secondary N) is 1.